The molecular formula is C24H28N2O2S. The number of rotatable bonds is 11. The second-order valence-electron chi connectivity index (χ2n) is 6.99. The summed E-state index contributed by atoms with van der Waals surface area (Å²) in [6.07, 6.45) is 10.9. The number of thiazole rings is 1. The van der Waals surface area contributed by atoms with Gasteiger partial charge in [0.25, 0.3) is 0 Å². The van der Waals surface area contributed by atoms with Gasteiger partial charge in [0.1, 0.15) is 5.75 Å². The van der Waals surface area contributed by atoms with Gasteiger partial charge in [0.2, 0.25) is 5.91 Å². The first kappa shape index (κ1) is 21.1. The van der Waals surface area contributed by atoms with Gasteiger partial charge in [-0.05, 0) is 42.3 Å². The number of aromatic nitrogens is 1. The summed E-state index contributed by atoms with van der Waals surface area (Å²) in [5.41, 5.74) is 1.85. The van der Waals surface area contributed by atoms with E-state index in [9.17, 15) is 4.79 Å². The van der Waals surface area contributed by atoms with Gasteiger partial charge in [0.05, 0.1) is 16.8 Å². The molecule has 3 aromatic rings. The minimum absolute atomic E-state index is 0.188. The SMILES string of the molecule is CCCCCCCCOc1ccc(/C=C/C(=O)Nc2nc3ccccc3s2)cc1. The fourth-order valence-corrected chi connectivity index (χ4v) is 3.86. The summed E-state index contributed by atoms with van der Waals surface area (Å²) in [4.78, 5) is 16.6. The van der Waals surface area contributed by atoms with E-state index in [1.54, 1.807) is 6.08 Å². The second kappa shape index (κ2) is 11.4. The van der Waals surface area contributed by atoms with Gasteiger partial charge in [0, 0.05) is 6.08 Å². The number of para-hydroxylation sites is 1. The summed E-state index contributed by atoms with van der Waals surface area (Å²) in [5, 5.41) is 3.43. The number of fused-ring (bicyclic) bond motifs is 1. The van der Waals surface area contributed by atoms with Crippen LogP contribution in [0.2, 0.25) is 0 Å². The van der Waals surface area contributed by atoms with E-state index < -0.39 is 0 Å². The van der Waals surface area contributed by atoms with Crippen molar-refractivity contribution in [2.75, 3.05) is 11.9 Å². The molecule has 0 aliphatic rings. The van der Waals surface area contributed by atoms with Gasteiger partial charge in [0.15, 0.2) is 5.13 Å². The van der Waals surface area contributed by atoms with E-state index in [0.717, 1.165) is 34.6 Å². The molecule has 3 rings (SSSR count). The van der Waals surface area contributed by atoms with Crippen molar-refractivity contribution in [3.05, 3.63) is 60.2 Å². The predicted molar refractivity (Wildman–Crippen MR) is 123 cm³/mol. The number of benzene rings is 2. The van der Waals surface area contributed by atoms with Gasteiger partial charge in [-0.1, -0.05) is 74.6 Å². The van der Waals surface area contributed by atoms with Crippen molar-refractivity contribution in [2.24, 2.45) is 0 Å². The van der Waals surface area contributed by atoms with E-state index in [2.05, 4.69) is 17.2 Å². The number of nitrogens with zero attached hydrogens (tertiary/aromatic N) is 1. The lowest BCUT2D eigenvalue weighted by molar-refractivity contribution is -0.111. The van der Waals surface area contributed by atoms with E-state index >= 15 is 0 Å². The topological polar surface area (TPSA) is 51.2 Å². The quantitative estimate of drug-likeness (QED) is 0.284. The van der Waals surface area contributed by atoms with Crippen molar-refractivity contribution in [1.82, 2.24) is 4.98 Å². The number of carbonyl (C=O) groups is 1. The number of hydrogen-bond donors (Lipinski definition) is 1. The average Bonchev–Trinajstić information content (AvgIpc) is 3.14. The molecule has 1 amide bonds. The zero-order chi connectivity index (χ0) is 20.3. The summed E-state index contributed by atoms with van der Waals surface area (Å²) in [6.45, 7) is 2.99. The number of hydrogen-bond acceptors (Lipinski definition) is 4. The molecule has 5 heteroatoms. The van der Waals surface area contributed by atoms with Crippen LogP contribution >= 0.6 is 11.3 Å². The minimum atomic E-state index is -0.188. The Labute approximate surface area is 176 Å². The molecule has 0 aliphatic heterocycles. The van der Waals surface area contributed by atoms with Gasteiger partial charge in [-0.2, -0.15) is 0 Å². The molecule has 1 aromatic heterocycles. The Hall–Kier alpha value is -2.66. The molecule has 1 N–H and O–H groups in total. The third-order valence-corrected chi connectivity index (χ3v) is 5.55. The minimum Gasteiger partial charge on any atom is -0.494 e. The smallest absolute Gasteiger partial charge is 0.250 e. The van der Waals surface area contributed by atoms with Gasteiger partial charge in [-0.3, -0.25) is 10.1 Å². The van der Waals surface area contributed by atoms with Crippen molar-refractivity contribution >= 4 is 38.7 Å². The Morgan fingerprint density at radius 3 is 2.59 bits per heavy atom. The Balaban J connectivity index is 1.41. The Kier molecular flexibility index (Phi) is 8.25. The largest absolute Gasteiger partial charge is 0.494 e. The zero-order valence-electron chi connectivity index (χ0n) is 16.9. The van der Waals surface area contributed by atoms with Crippen LogP contribution in [0.1, 0.15) is 51.0 Å². The lowest BCUT2D eigenvalue weighted by atomic mass is 10.1. The molecule has 0 spiro atoms. The van der Waals surface area contributed by atoms with Crippen LogP contribution in [0, 0.1) is 0 Å². The first-order valence-electron chi connectivity index (χ1n) is 10.3. The molecular weight excluding hydrogens is 380 g/mol. The van der Waals surface area contributed by atoms with E-state index in [1.807, 2.05) is 48.5 Å². The maximum absolute atomic E-state index is 12.1. The molecule has 0 aliphatic carbocycles. The average molecular weight is 409 g/mol. The van der Waals surface area contributed by atoms with Crippen LogP contribution in [0.5, 0.6) is 5.75 Å². The van der Waals surface area contributed by atoms with E-state index in [1.165, 1.54) is 49.5 Å². The first-order chi connectivity index (χ1) is 14.2. The molecule has 29 heavy (non-hydrogen) atoms. The molecule has 1 heterocycles. The molecule has 0 atom stereocenters. The van der Waals surface area contributed by atoms with E-state index in [-0.39, 0.29) is 5.91 Å². The number of nitrogens with one attached hydrogen (secondary N) is 1. The highest BCUT2D eigenvalue weighted by Crippen LogP contribution is 2.25. The molecule has 0 fully saturated rings. The number of ether oxygens (including phenoxy) is 1. The first-order valence-corrected chi connectivity index (χ1v) is 11.1. The Bertz CT molecular complexity index is 898. The van der Waals surface area contributed by atoms with Crippen LogP contribution in [-0.4, -0.2) is 17.5 Å². The Morgan fingerprint density at radius 2 is 1.79 bits per heavy atom. The molecule has 0 saturated heterocycles. The van der Waals surface area contributed by atoms with Crippen molar-refractivity contribution < 1.29 is 9.53 Å². The molecule has 0 unspecified atom stereocenters. The number of anilines is 1. The van der Waals surface area contributed by atoms with Gasteiger partial charge in [-0.15, -0.1) is 0 Å². The highest BCUT2D eigenvalue weighted by atomic mass is 32.1. The van der Waals surface area contributed by atoms with Crippen molar-refractivity contribution in [2.45, 2.75) is 45.4 Å². The van der Waals surface area contributed by atoms with Crippen LogP contribution < -0.4 is 10.1 Å². The molecule has 0 saturated carbocycles. The fraction of sp³-hybridized carbons (Fsp3) is 0.333. The molecule has 0 bridgehead atoms. The summed E-state index contributed by atoms with van der Waals surface area (Å²) in [5.74, 6) is 0.682. The third kappa shape index (κ3) is 7.02. The predicted octanol–water partition coefficient (Wildman–Crippen LogP) is 6.69. The number of carbonyl (C=O) groups excluding carboxylic acids is 1. The monoisotopic (exact) mass is 408 g/mol. The van der Waals surface area contributed by atoms with Crippen LogP contribution in [-0.2, 0) is 4.79 Å². The fourth-order valence-electron chi connectivity index (χ4n) is 2.99. The molecule has 152 valence electrons. The van der Waals surface area contributed by atoms with Crippen molar-refractivity contribution in [3.8, 4) is 5.75 Å². The maximum atomic E-state index is 12.1. The highest BCUT2D eigenvalue weighted by Gasteiger charge is 2.05. The maximum Gasteiger partial charge on any atom is 0.250 e. The van der Waals surface area contributed by atoms with Gasteiger partial charge in [-0.25, -0.2) is 4.98 Å². The zero-order valence-corrected chi connectivity index (χ0v) is 17.7. The Morgan fingerprint density at radius 1 is 1.03 bits per heavy atom. The lowest BCUT2D eigenvalue weighted by Crippen LogP contribution is -2.07. The van der Waals surface area contributed by atoms with Crippen LogP contribution in [0.15, 0.2) is 54.6 Å². The number of unbranched alkanes of at least 4 members (excludes halogenated alkanes) is 5. The van der Waals surface area contributed by atoms with Crippen LogP contribution in [0.25, 0.3) is 16.3 Å². The lowest BCUT2D eigenvalue weighted by Gasteiger charge is -2.06. The van der Waals surface area contributed by atoms with Gasteiger partial charge < -0.3 is 4.74 Å². The molecule has 2 aromatic carbocycles. The van der Waals surface area contributed by atoms with Crippen molar-refractivity contribution in [3.63, 3.8) is 0 Å². The summed E-state index contributed by atoms with van der Waals surface area (Å²) >= 11 is 1.47. The van der Waals surface area contributed by atoms with Crippen LogP contribution in [0.4, 0.5) is 5.13 Å². The van der Waals surface area contributed by atoms with E-state index in [4.69, 9.17) is 4.74 Å². The normalized spacial score (nSPS) is 11.2. The van der Waals surface area contributed by atoms with Crippen LogP contribution in [0.3, 0.4) is 0 Å². The summed E-state index contributed by atoms with van der Waals surface area (Å²) < 4.78 is 6.85. The molecule has 0 radical (unpaired) electrons. The number of amides is 1. The highest BCUT2D eigenvalue weighted by molar-refractivity contribution is 7.22. The summed E-state index contributed by atoms with van der Waals surface area (Å²) in [6, 6.07) is 15.6. The van der Waals surface area contributed by atoms with Gasteiger partial charge >= 0.3 is 0 Å². The van der Waals surface area contributed by atoms with Crippen molar-refractivity contribution in [1.29, 1.82) is 0 Å². The summed E-state index contributed by atoms with van der Waals surface area (Å²) in [7, 11) is 0. The standard InChI is InChI=1S/C24H28N2O2S/c1-2-3-4-5-6-9-18-28-20-15-12-19(13-16-20)14-17-23(27)26-24-25-21-10-7-8-11-22(21)29-24/h7-8,10-17H,2-6,9,18H2,1H3,(H,25,26,27)/b17-14+. The second-order valence-corrected chi connectivity index (χ2v) is 8.03. The molecule has 4 nitrogen and oxygen atoms in total. The third-order valence-electron chi connectivity index (χ3n) is 4.60. The van der Waals surface area contributed by atoms with E-state index in [0.29, 0.717) is 5.13 Å².